The van der Waals surface area contributed by atoms with Crippen LogP contribution in [-0.4, -0.2) is 59.2 Å². The van der Waals surface area contributed by atoms with Gasteiger partial charge in [-0.25, -0.2) is 0 Å². The van der Waals surface area contributed by atoms with Crippen LogP contribution in [0.15, 0.2) is 0 Å². The van der Waals surface area contributed by atoms with Gasteiger partial charge in [-0.1, -0.05) is 20.3 Å². The minimum absolute atomic E-state index is 0.0236. The molecule has 0 spiro atoms. The molecule has 4 unspecified atom stereocenters. The van der Waals surface area contributed by atoms with Crippen molar-refractivity contribution in [3.05, 3.63) is 0 Å². The summed E-state index contributed by atoms with van der Waals surface area (Å²) in [6.45, 7) is 4.69. The molecule has 4 atom stereocenters. The van der Waals surface area contributed by atoms with Crippen molar-refractivity contribution in [2.45, 2.75) is 45.3 Å². The van der Waals surface area contributed by atoms with E-state index in [9.17, 15) is 19.2 Å². The summed E-state index contributed by atoms with van der Waals surface area (Å²) < 4.78 is 0. The predicted molar refractivity (Wildman–Crippen MR) is 91.5 cm³/mol. The second-order valence-corrected chi connectivity index (χ2v) is 5.87. The first-order valence-electron chi connectivity index (χ1n) is 7.60. The Hall–Kier alpha value is -1.81. The Kier molecular flexibility index (Phi) is 10.0. The molecule has 3 amide bonds. The van der Waals surface area contributed by atoms with Gasteiger partial charge in [0.15, 0.2) is 0 Å². The number of carboxylic acid groups (broad SMARTS) is 1. The standard InChI is InChI=1S/C14H26N4O5S/c1-4-7(2)11(15)13(21)16-5-10(19)18-9(6-24)12(20)17-8(3)14(22)23/h7-9,11,24H,4-6,15H2,1-3H3,(H,16,21)(H,17,20)(H,18,19)(H,22,23). The summed E-state index contributed by atoms with van der Waals surface area (Å²) in [6.07, 6.45) is 0.727. The van der Waals surface area contributed by atoms with Crippen molar-refractivity contribution < 1.29 is 24.3 Å². The van der Waals surface area contributed by atoms with Gasteiger partial charge in [-0.05, 0) is 12.8 Å². The molecule has 0 bridgehead atoms. The Balaban J connectivity index is 4.44. The Morgan fingerprint density at radius 3 is 2.17 bits per heavy atom. The van der Waals surface area contributed by atoms with E-state index in [0.29, 0.717) is 0 Å². The average molecular weight is 362 g/mol. The molecule has 0 aromatic carbocycles. The molecular weight excluding hydrogens is 336 g/mol. The van der Waals surface area contributed by atoms with Crippen LogP contribution in [0.25, 0.3) is 0 Å². The lowest BCUT2D eigenvalue weighted by Gasteiger charge is -2.20. The lowest BCUT2D eigenvalue weighted by atomic mass is 9.99. The summed E-state index contributed by atoms with van der Waals surface area (Å²) in [4.78, 5) is 46.1. The van der Waals surface area contributed by atoms with Crippen LogP contribution >= 0.6 is 12.6 Å². The molecule has 24 heavy (non-hydrogen) atoms. The van der Waals surface area contributed by atoms with Crippen LogP contribution in [0.5, 0.6) is 0 Å². The van der Waals surface area contributed by atoms with Crippen LogP contribution in [0.3, 0.4) is 0 Å². The van der Waals surface area contributed by atoms with Crippen molar-refractivity contribution in [2.75, 3.05) is 12.3 Å². The van der Waals surface area contributed by atoms with Crippen LogP contribution in [-0.2, 0) is 19.2 Å². The normalized spacial score (nSPS) is 15.5. The molecule has 0 aliphatic carbocycles. The van der Waals surface area contributed by atoms with E-state index < -0.39 is 41.8 Å². The number of aliphatic carboxylic acids is 1. The monoisotopic (exact) mass is 362 g/mol. The van der Waals surface area contributed by atoms with Gasteiger partial charge in [0.25, 0.3) is 0 Å². The molecule has 0 heterocycles. The average Bonchev–Trinajstić information content (AvgIpc) is 2.55. The minimum atomic E-state index is -1.20. The van der Waals surface area contributed by atoms with Crippen molar-refractivity contribution in [3.8, 4) is 0 Å². The largest absolute Gasteiger partial charge is 0.480 e. The van der Waals surface area contributed by atoms with Gasteiger partial charge in [0, 0.05) is 5.75 Å². The molecule has 0 aliphatic heterocycles. The van der Waals surface area contributed by atoms with E-state index in [1.807, 2.05) is 13.8 Å². The fraction of sp³-hybridized carbons (Fsp3) is 0.714. The first-order chi connectivity index (χ1) is 11.1. The molecule has 138 valence electrons. The summed E-state index contributed by atoms with van der Waals surface area (Å²) in [5.41, 5.74) is 5.74. The van der Waals surface area contributed by atoms with Crippen LogP contribution < -0.4 is 21.7 Å². The van der Waals surface area contributed by atoms with Crippen molar-refractivity contribution in [1.82, 2.24) is 16.0 Å². The van der Waals surface area contributed by atoms with E-state index in [1.54, 1.807) is 0 Å². The molecule has 0 aliphatic rings. The number of carbonyl (C=O) groups excluding carboxylic acids is 3. The molecule has 0 rings (SSSR count). The van der Waals surface area contributed by atoms with E-state index >= 15 is 0 Å². The zero-order valence-corrected chi connectivity index (χ0v) is 14.9. The second kappa shape index (κ2) is 10.9. The highest BCUT2D eigenvalue weighted by atomic mass is 32.1. The van der Waals surface area contributed by atoms with E-state index in [2.05, 4.69) is 28.6 Å². The molecule has 0 saturated carbocycles. The first kappa shape index (κ1) is 22.2. The predicted octanol–water partition coefficient (Wildman–Crippen LogP) is -1.52. The Morgan fingerprint density at radius 2 is 1.71 bits per heavy atom. The smallest absolute Gasteiger partial charge is 0.325 e. The number of carboxylic acids is 1. The van der Waals surface area contributed by atoms with E-state index in [4.69, 9.17) is 10.8 Å². The molecule has 6 N–H and O–H groups in total. The SMILES string of the molecule is CCC(C)C(N)C(=O)NCC(=O)NC(CS)C(=O)NC(C)C(=O)O. The third kappa shape index (κ3) is 7.64. The van der Waals surface area contributed by atoms with Crippen LogP contribution in [0.2, 0.25) is 0 Å². The third-order valence-corrected chi connectivity index (χ3v) is 3.91. The Bertz CT molecular complexity index is 474. The van der Waals surface area contributed by atoms with Crippen molar-refractivity contribution in [1.29, 1.82) is 0 Å². The summed E-state index contributed by atoms with van der Waals surface area (Å²) >= 11 is 3.95. The number of amides is 3. The fourth-order valence-corrected chi connectivity index (χ4v) is 1.87. The number of hydrogen-bond acceptors (Lipinski definition) is 6. The van der Waals surface area contributed by atoms with E-state index in [1.165, 1.54) is 6.92 Å². The molecule has 0 saturated heterocycles. The highest BCUT2D eigenvalue weighted by molar-refractivity contribution is 7.80. The summed E-state index contributed by atoms with van der Waals surface area (Å²) in [5.74, 6) is -2.97. The molecular formula is C14H26N4O5S. The van der Waals surface area contributed by atoms with Crippen LogP contribution in [0, 0.1) is 5.92 Å². The van der Waals surface area contributed by atoms with Gasteiger partial charge >= 0.3 is 5.97 Å². The number of carbonyl (C=O) groups is 4. The van der Waals surface area contributed by atoms with Gasteiger partial charge < -0.3 is 26.8 Å². The number of nitrogens with one attached hydrogen (secondary N) is 3. The van der Waals surface area contributed by atoms with Gasteiger partial charge in [-0.3, -0.25) is 19.2 Å². The van der Waals surface area contributed by atoms with Crippen molar-refractivity contribution in [2.24, 2.45) is 11.7 Å². The van der Waals surface area contributed by atoms with Crippen LogP contribution in [0.1, 0.15) is 27.2 Å². The summed E-state index contributed by atoms with van der Waals surface area (Å²) in [7, 11) is 0. The number of hydrogen-bond donors (Lipinski definition) is 6. The van der Waals surface area contributed by atoms with Crippen molar-refractivity contribution >= 4 is 36.3 Å². The molecule has 0 aromatic heterocycles. The maximum absolute atomic E-state index is 11.9. The molecule has 0 fully saturated rings. The topological polar surface area (TPSA) is 151 Å². The Morgan fingerprint density at radius 1 is 1.12 bits per heavy atom. The Labute approximate surface area is 146 Å². The van der Waals surface area contributed by atoms with Gasteiger partial charge in [0.2, 0.25) is 17.7 Å². The fourth-order valence-electron chi connectivity index (χ4n) is 1.61. The molecule has 9 nitrogen and oxygen atoms in total. The van der Waals surface area contributed by atoms with Gasteiger partial charge in [-0.2, -0.15) is 12.6 Å². The minimum Gasteiger partial charge on any atom is -0.480 e. The number of thiol groups is 1. The van der Waals surface area contributed by atoms with Crippen molar-refractivity contribution in [3.63, 3.8) is 0 Å². The first-order valence-corrected chi connectivity index (χ1v) is 8.23. The number of rotatable bonds is 10. The lowest BCUT2D eigenvalue weighted by molar-refractivity contribution is -0.141. The molecule has 0 aromatic rings. The maximum Gasteiger partial charge on any atom is 0.325 e. The highest BCUT2D eigenvalue weighted by Crippen LogP contribution is 2.04. The highest BCUT2D eigenvalue weighted by Gasteiger charge is 2.24. The van der Waals surface area contributed by atoms with Gasteiger partial charge in [0.1, 0.15) is 12.1 Å². The van der Waals surface area contributed by atoms with Gasteiger partial charge in [-0.15, -0.1) is 0 Å². The zero-order valence-electron chi connectivity index (χ0n) is 14.0. The molecule has 10 heteroatoms. The number of nitrogens with two attached hydrogens (primary N) is 1. The maximum atomic E-state index is 11.9. The summed E-state index contributed by atoms with van der Waals surface area (Å²) in [5, 5.41) is 15.8. The van der Waals surface area contributed by atoms with Gasteiger partial charge in [0.05, 0.1) is 12.6 Å². The molecule has 0 radical (unpaired) electrons. The quantitative estimate of drug-likeness (QED) is 0.260. The second-order valence-electron chi connectivity index (χ2n) is 5.50. The zero-order chi connectivity index (χ0) is 18.9. The van der Waals surface area contributed by atoms with E-state index in [-0.39, 0.29) is 18.2 Å². The van der Waals surface area contributed by atoms with Crippen LogP contribution in [0.4, 0.5) is 0 Å². The lowest BCUT2D eigenvalue weighted by Crippen LogP contribution is -2.54. The summed E-state index contributed by atoms with van der Waals surface area (Å²) in [6, 6.07) is -2.82. The van der Waals surface area contributed by atoms with E-state index in [0.717, 1.165) is 6.42 Å². The third-order valence-electron chi connectivity index (χ3n) is 3.55.